The summed E-state index contributed by atoms with van der Waals surface area (Å²) in [4.78, 5) is 20.7. The maximum absolute atomic E-state index is 12.5. The maximum Gasteiger partial charge on any atom is 0.254 e. The van der Waals surface area contributed by atoms with E-state index in [9.17, 15) is 4.79 Å². The molecule has 0 saturated heterocycles. The van der Waals surface area contributed by atoms with Crippen LogP contribution in [0.15, 0.2) is 4.79 Å². The van der Waals surface area contributed by atoms with E-state index in [1.165, 1.54) is 44.9 Å². The van der Waals surface area contributed by atoms with E-state index in [2.05, 4.69) is 4.98 Å². The van der Waals surface area contributed by atoms with Crippen molar-refractivity contribution < 1.29 is 0 Å². The molecule has 112 valence electrons. The number of aromatic nitrogens is 2. The summed E-state index contributed by atoms with van der Waals surface area (Å²) < 4.78 is 0. The number of aryl methyl sites for hydroxylation is 1. The summed E-state index contributed by atoms with van der Waals surface area (Å²) in [6.07, 6.45) is 12.4. The molecule has 5 aliphatic rings. The van der Waals surface area contributed by atoms with Crippen molar-refractivity contribution in [1.29, 1.82) is 0 Å². The first-order valence-electron chi connectivity index (χ1n) is 8.84. The van der Waals surface area contributed by atoms with Crippen LogP contribution in [-0.2, 0) is 18.3 Å². The monoisotopic (exact) mass is 284 g/mol. The molecule has 1 aromatic rings. The molecular formula is C18H24N2O. The van der Waals surface area contributed by atoms with E-state index in [1.807, 2.05) is 0 Å². The number of nitrogens with zero attached hydrogens (tertiary/aromatic N) is 1. The normalized spacial score (nSPS) is 40.3. The summed E-state index contributed by atoms with van der Waals surface area (Å²) in [7, 11) is 0. The molecule has 3 heteroatoms. The summed E-state index contributed by atoms with van der Waals surface area (Å²) in [5.41, 5.74) is 2.50. The molecule has 1 N–H and O–H groups in total. The van der Waals surface area contributed by atoms with E-state index < -0.39 is 0 Å². The summed E-state index contributed by atoms with van der Waals surface area (Å²) in [6.45, 7) is 0. The van der Waals surface area contributed by atoms with Crippen LogP contribution < -0.4 is 5.56 Å². The van der Waals surface area contributed by atoms with Gasteiger partial charge in [0.25, 0.3) is 5.56 Å². The van der Waals surface area contributed by atoms with Crippen molar-refractivity contribution >= 4 is 0 Å². The van der Waals surface area contributed by atoms with E-state index >= 15 is 0 Å². The molecule has 1 heterocycles. The van der Waals surface area contributed by atoms with Crippen molar-refractivity contribution in [2.24, 2.45) is 17.8 Å². The quantitative estimate of drug-likeness (QED) is 0.861. The van der Waals surface area contributed by atoms with Crippen molar-refractivity contribution in [1.82, 2.24) is 9.97 Å². The van der Waals surface area contributed by atoms with Crippen LogP contribution in [0.1, 0.15) is 68.4 Å². The van der Waals surface area contributed by atoms with Gasteiger partial charge in [0, 0.05) is 11.0 Å². The van der Waals surface area contributed by atoms with Crippen LogP contribution in [-0.4, -0.2) is 9.97 Å². The second kappa shape index (κ2) is 4.21. The molecule has 0 atom stereocenters. The molecule has 0 radical (unpaired) electrons. The zero-order chi connectivity index (χ0) is 14.0. The van der Waals surface area contributed by atoms with Crippen molar-refractivity contribution in [2.75, 3.05) is 0 Å². The Morgan fingerprint density at radius 2 is 1.57 bits per heavy atom. The Bertz CT molecular complexity index is 610. The Morgan fingerprint density at radius 3 is 2.24 bits per heavy atom. The Kier molecular flexibility index (Phi) is 2.49. The molecule has 3 nitrogen and oxygen atoms in total. The van der Waals surface area contributed by atoms with Crippen LogP contribution >= 0.6 is 0 Å². The number of fused-ring (bicyclic) bond motifs is 1. The lowest BCUT2D eigenvalue weighted by atomic mass is 9.49. The van der Waals surface area contributed by atoms with Gasteiger partial charge in [-0.25, -0.2) is 4.98 Å². The van der Waals surface area contributed by atoms with Gasteiger partial charge in [-0.05, 0) is 82.0 Å². The molecule has 4 fully saturated rings. The van der Waals surface area contributed by atoms with Crippen LogP contribution in [0.2, 0.25) is 0 Å². The second-order valence-corrected chi connectivity index (χ2v) is 8.24. The lowest BCUT2D eigenvalue weighted by molar-refractivity contribution is -0.00965. The predicted octanol–water partition coefficient (Wildman–Crippen LogP) is 3.12. The molecule has 0 amide bonds. The van der Waals surface area contributed by atoms with Gasteiger partial charge in [0.15, 0.2) is 0 Å². The fraction of sp³-hybridized carbons (Fsp3) is 0.778. The van der Waals surface area contributed by atoms with Gasteiger partial charge < -0.3 is 4.98 Å². The van der Waals surface area contributed by atoms with Gasteiger partial charge in [-0.2, -0.15) is 0 Å². The maximum atomic E-state index is 12.5. The molecule has 21 heavy (non-hydrogen) atoms. The molecule has 4 saturated carbocycles. The Balaban J connectivity index is 1.61. The highest BCUT2D eigenvalue weighted by molar-refractivity contribution is 5.25. The number of hydrogen-bond acceptors (Lipinski definition) is 2. The summed E-state index contributed by atoms with van der Waals surface area (Å²) in [5, 5.41) is 0. The molecule has 4 bridgehead atoms. The lowest BCUT2D eigenvalue weighted by Gasteiger charge is -2.56. The largest absolute Gasteiger partial charge is 0.310 e. The molecule has 0 unspecified atom stereocenters. The van der Waals surface area contributed by atoms with E-state index in [4.69, 9.17) is 4.98 Å². The third-order valence-corrected chi connectivity index (χ3v) is 6.73. The van der Waals surface area contributed by atoms with Crippen LogP contribution in [0.4, 0.5) is 0 Å². The fourth-order valence-corrected chi connectivity index (χ4v) is 6.26. The molecule has 1 aromatic heterocycles. The minimum absolute atomic E-state index is 0.172. The first-order chi connectivity index (χ1) is 10.2. The van der Waals surface area contributed by atoms with Gasteiger partial charge in [0.2, 0.25) is 0 Å². The van der Waals surface area contributed by atoms with E-state index in [0.29, 0.717) is 0 Å². The number of hydrogen-bond donors (Lipinski definition) is 1. The smallest absolute Gasteiger partial charge is 0.254 e. The highest BCUT2D eigenvalue weighted by Crippen LogP contribution is 2.60. The van der Waals surface area contributed by atoms with Crippen molar-refractivity contribution in [3.63, 3.8) is 0 Å². The average Bonchev–Trinajstić information content (AvgIpc) is 2.46. The fourth-order valence-electron chi connectivity index (χ4n) is 6.26. The third kappa shape index (κ3) is 1.79. The Hall–Kier alpha value is -1.12. The third-order valence-electron chi connectivity index (χ3n) is 6.73. The minimum Gasteiger partial charge on any atom is -0.310 e. The van der Waals surface area contributed by atoms with Crippen LogP contribution in [0.3, 0.4) is 0 Å². The summed E-state index contributed by atoms with van der Waals surface area (Å²) >= 11 is 0. The highest BCUT2D eigenvalue weighted by atomic mass is 16.1. The van der Waals surface area contributed by atoms with Gasteiger partial charge in [0.1, 0.15) is 5.82 Å². The second-order valence-electron chi connectivity index (χ2n) is 8.24. The van der Waals surface area contributed by atoms with E-state index in [0.717, 1.165) is 54.1 Å². The first-order valence-corrected chi connectivity index (χ1v) is 8.84. The van der Waals surface area contributed by atoms with Crippen LogP contribution in [0, 0.1) is 17.8 Å². The summed E-state index contributed by atoms with van der Waals surface area (Å²) in [6, 6.07) is 0. The topological polar surface area (TPSA) is 45.8 Å². The SMILES string of the molecule is O=c1[nH]c(C23CC4CC(CC(C4)C2)C3)nc2c1CCCC2. The number of rotatable bonds is 1. The van der Waals surface area contributed by atoms with Gasteiger partial charge in [-0.15, -0.1) is 0 Å². The molecule has 0 aromatic carbocycles. The van der Waals surface area contributed by atoms with Crippen molar-refractivity contribution in [2.45, 2.75) is 69.6 Å². The Morgan fingerprint density at radius 1 is 0.952 bits per heavy atom. The van der Waals surface area contributed by atoms with Gasteiger partial charge >= 0.3 is 0 Å². The van der Waals surface area contributed by atoms with Gasteiger partial charge in [-0.1, -0.05) is 0 Å². The standard InChI is InChI=1S/C18H24N2O/c21-16-14-3-1-2-4-15(14)19-17(20-16)18-8-11-5-12(9-18)7-13(6-11)10-18/h11-13H,1-10H2,(H,19,20,21). The lowest BCUT2D eigenvalue weighted by Crippen LogP contribution is -2.50. The zero-order valence-corrected chi connectivity index (χ0v) is 12.7. The molecule has 0 spiro atoms. The predicted molar refractivity (Wildman–Crippen MR) is 81.3 cm³/mol. The highest BCUT2D eigenvalue weighted by Gasteiger charge is 2.53. The molecule has 6 rings (SSSR count). The molecule has 5 aliphatic carbocycles. The average molecular weight is 284 g/mol. The van der Waals surface area contributed by atoms with Crippen LogP contribution in [0.25, 0.3) is 0 Å². The first kappa shape index (κ1) is 12.4. The number of H-pyrrole nitrogens is 1. The van der Waals surface area contributed by atoms with E-state index in [1.54, 1.807) is 0 Å². The van der Waals surface area contributed by atoms with Gasteiger partial charge in [-0.3, -0.25) is 4.79 Å². The Labute approximate surface area is 125 Å². The van der Waals surface area contributed by atoms with Crippen molar-refractivity contribution in [3.8, 4) is 0 Å². The van der Waals surface area contributed by atoms with Gasteiger partial charge in [0.05, 0.1) is 5.69 Å². The summed E-state index contributed by atoms with van der Waals surface area (Å²) in [5.74, 6) is 3.76. The number of aromatic amines is 1. The molecular weight excluding hydrogens is 260 g/mol. The number of nitrogens with one attached hydrogen (secondary N) is 1. The van der Waals surface area contributed by atoms with Crippen LogP contribution in [0.5, 0.6) is 0 Å². The molecule has 0 aliphatic heterocycles. The minimum atomic E-state index is 0.172. The van der Waals surface area contributed by atoms with Crippen molar-refractivity contribution in [3.05, 3.63) is 27.4 Å². The zero-order valence-electron chi connectivity index (χ0n) is 12.7. The van der Waals surface area contributed by atoms with E-state index in [-0.39, 0.29) is 11.0 Å².